The number of carbonyl (C=O) groups is 1. The van der Waals surface area contributed by atoms with Crippen molar-refractivity contribution in [3.05, 3.63) is 94.2 Å². The number of carboxylic acids is 1. The Balaban J connectivity index is 1.40. The van der Waals surface area contributed by atoms with Gasteiger partial charge in [0, 0.05) is 49.7 Å². The second kappa shape index (κ2) is 11.1. The summed E-state index contributed by atoms with van der Waals surface area (Å²) in [5, 5.41) is 20.1. The molecular weight excluding hydrogens is 538 g/mol. The molecule has 222 valence electrons. The van der Waals surface area contributed by atoms with Gasteiger partial charge < -0.3 is 9.84 Å². The Kier molecular flexibility index (Phi) is 7.42. The molecular formula is C35H39N5O3. The Morgan fingerprint density at radius 1 is 1.14 bits per heavy atom. The highest BCUT2D eigenvalue weighted by Crippen LogP contribution is 2.44. The van der Waals surface area contributed by atoms with Crippen LogP contribution >= 0.6 is 0 Å². The zero-order valence-corrected chi connectivity index (χ0v) is 25.8. The molecule has 0 saturated carbocycles. The number of pyridine rings is 1. The lowest BCUT2D eigenvalue weighted by Gasteiger charge is -2.33. The number of fused-ring (bicyclic) bond motifs is 3. The molecule has 2 aromatic heterocycles. The molecule has 0 bridgehead atoms. The summed E-state index contributed by atoms with van der Waals surface area (Å²) in [6, 6.07) is 18.8. The molecule has 43 heavy (non-hydrogen) atoms. The highest BCUT2D eigenvalue weighted by Gasteiger charge is 2.40. The fraction of sp³-hybridized carbons (Fsp3) is 0.371. The summed E-state index contributed by atoms with van der Waals surface area (Å²) in [5.74, 6) is -0.297. The van der Waals surface area contributed by atoms with Crippen LogP contribution in [0, 0.1) is 19.3 Å². The minimum absolute atomic E-state index is 0.0684. The quantitative estimate of drug-likeness (QED) is 0.234. The molecule has 5 aromatic rings. The van der Waals surface area contributed by atoms with E-state index in [1.165, 1.54) is 11.1 Å². The third-order valence-electron chi connectivity index (χ3n) is 9.15. The molecule has 0 spiro atoms. The third kappa shape index (κ3) is 5.25. The fourth-order valence-corrected chi connectivity index (χ4v) is 6.47. The van der Waals surface area contributed by atoms with Gasteiger partial charge in [0.15, 0.2) is 0 Å². The van der Waals surface area contributed by atoms with Crippen molar-refractivity contribution in [2.24, 2.45) is 12.5 Å². The smallest absolute Gasteiger partial charge is 0.310 e. The molecule has 0 fully saturated rings. The van der Waals surface area contributed by atoms with Crippen molar-refractivity contribution in [2.75, 3.05) is 6.54 Å². The summed E-state index contributed by atoms with van der Waals surface area (Å²) in [4.78, 5) is 19.7. The zero-order chi connectivity index (χ0) is 30.5. The molecule has 2 atom stereocenters. The van der Waals surface area contributed by atoms with Crippen LogP contribution in [0.4, 0.5) is 0 Å². The summed E-state index contributed by atoms with van der Waals surface area (Å²) in [6.45, 7) is 12.2. The monoisotopic (exact) mass is 577 g/mol. The van der Waals surface area contributed by atoms with Gasteiger partial charge in [0.25, 0.3) is 0 Å². The molecule has 3 heterocycles. The van der Waals surface area contributed by atoms with Gasteiger partial charge in [0.2, 0.25) is 0 Å². The number of hydrogen-bond acceptors (Lipinski definition) is 6. The molecule has 0 amide bonds. The first-order valence-corrected chi connectivity index (χ1v) is 14.9. The number of nitrogens with zero attached hydrogens (tertiary/aromatic N) is 5. The number of aryl methyl sites for hydroxylation is 3. The van der Waals surface area contributed by atoms with Crippen LogP contribution in [0.25, 0.3) is 21.9 Å². The van der Waals surface area contributed by atoms with Crippen molar-refractivity contribution in [3.63, 3.8) is 0 Å². The van der Waals surface area contributed by atoms with Crippen molar-refractivity contribution in [2.45, 2.75) is 66.2 Å². The summed E-state index contributed by atoms with van der Waals surface area (Å²) >= 11 is 0. The lowest BCUT2D eigenvalue weighted by molar-refractivity contribution is -0.147. The van der Waals surface area contributed by atoms with E-state index >= 15 is 0 Å². The Morgan fingerprint density at radius 2 is 1.95 bits per heavy atom. The second-order valence-corrected chi connectivity index (χ2v) is 12.5. The summed E-state index contributed by atoms with van der Waals surface area (Å²) in [7, 11) is 1.87. The van der Waals surface area contributed by atoms with E-state index in [9.17, 15) is 9.90 Å². The summed E-state index contributed by atoms with van der Waals surface area (Å²) in [6.07, 6.45) is 2.80. The molecule has 1 N–H and O–H groups in total. The maximum Gasteiger partial charge on any atom is 0.310 e. The van der Waals surface area contributed by atoms with Gasteiger partial charge in [0.05, 0.1) is 16.4 Å². The number of rotatable bonds is 7. The first kappa shape index (κ1) is 28.8. The van der Waals surface area contributed by atoms with Crippen LogP contribution in [0.5, 0.6) is 5.75 Å². The van der Waals surface area contributed by atoms with E-state index in [1.807, 2.05) is 52.2 Å². The lowest BCUT2D eigenvalue weighted by Crippen LogP contribution is -2.33. The van der Waals surface area contributed by atoms with Crippen LogP contribution in [0.15, 0.2) is 60.8 Å². The summed E-state index contributed by atoms with van der Waals surface area (Å²) in [5.41, 5.74) is 8.01. The van der Waals surface area contributed by atoms with Crippen molar-refractivity contribution < 1.29 is 14.6 Å². The molecule has 1 unspecified atom stereocenters. The van der Waals surface area contributed by atoms with Crippen LogP contribution in [-0.4, -0.2) is 48.6 Å². The second-order valence-electron chi connectivity index (χ2n) is 12.5. The van der Waals surface area contributed by atoms with Crippen LogP contribution in [0.1, 0.15) is 66.5 Å². The van der Waals surface area contributed by atoms with Gasteiger partial charge in [-0.2, -0.15) is 0 Å². The van der Waals surface area contributed by atoms with E-state index in [1.54, 1.807) is 4.68 Å². The number of aliphatic carboxylic acids is 1. The average molecular weight is 578 g/mol. The normalized spacial score (nSPS) is 16.6. The standard InChI is InChI=1S/C35H39N5O3/c1-7-27-20-40(19-26-16-29-23(9-8-14-36-29)17-31(26)43-27)18-25-15-24(11-10-21(25)2)32(35(4,5)34(41)42)28-12-13-30-33(22(28)3)37-38-39(30)6/h8-17,27,32H,7,18-20H2,1-6H3,(H,41,42)/t27-,32?/m1/s1. The lowest BCUT2D eigenvalue weighted by atomic mass is 9.69. The highest BCUT2D eigenvalue weighted by atomic mass is 16.5. The number of aromatic nitrogens is 4. The minimum Gasteiger partial charge on any atom is -0.489 e. The number of hydrogen-bond donors (Lipinski definition) is 1. The largest absolute Gasteiger partial charge is 0.489 e. The maximum absolute atomic E-state index is 12.7. The SMILES string of the molecule is CC[C@@H]1CN(Cc2cc(C(c3ccc4c(nnn4C)c3C)C(C)(C)C(=O)O)ccc2C)Cc2cc3ncccc3cc2O1. The molecule has 8 nitrogen and oxygen atoms in total. The highest BCUT2D eigenvalue weighted by molar-refractivity contribution is 5.82. The van der Waals surface area contributed by atoms with Gasteiger partial charge in [-0.1, -0.05) is 42.5 Å². The molecule has 0 aliphatic carbocycles. The van der Waals surface area contributed by atoms with E-state index in [-0.39, 0.29) is 12.0 Å². The molecule has 8 heteroatoms. The zero-order valence-electron chi connectivity index (χ0n) is 25.8. The van der Waals surface area contributed by atoms with Crippen molar-refractivity contribution in [1.29, 1.82) is 0 Å². The van der Waals surface area contributed by atoms with Crippen molar-refractivity contribution in [1.82, 2.24) is 24.9 Å². The number of benzene rings is 3. The van der Waals surface area contributed by atoms with Gasteiger partial charge in [-0.3, -0.25) is 14.7 Å². The topological polar surface area (TPSA) is 93.4 Å². The maximum atomic E-state index is 12.7. The van der Waals surface area contributed by atoms with Gasteiger partial charge in [-0.05, 0) is 86.2 Å². The molecule has 0 radical (unpaired) electrons. The Morgan fingerprint density at radius 3 is 2.72 bits per heavy atom. The average Bonchev–Trinajstić information content (AvgIpc) is 3.27. The van der Waals surface area contributed by atoms with E-state index in [2.05, 4.69) is 70.4 Å². The predicted octanol–water partition coefficient (Wildman–Crippen LogP) is 6.55. The third-order valence-corrected chi connectivity index (χ3v) is 9.15. The molecule has 6 rings (SSSR count). The van der Waals surface area contributed by atoms with E-state index in [4.69, 9.17) is 4.74 Å². The van der Waals surface area contributed by atoms with Gasteiger partial charge in [0.1, 0.15) is 17.4 Å². The minimum atomic E-state index is -1.07. The van der Waals surface area contributed by atoms with Crippen LogP contribution in [0.2, 0.25) is 0 Å². The van der Waals surface area contributed by atoms with Crippen LogP contribution < -0.4 is 4.74 Å². The Bertz CT molecular complexity index is 1840. The number of ether oxygens (including phenoxy) is 1. The Hall–Kier alpha value is -4.30. The van der Waals surface area contributed by atoms with Crippen LogP contribution in [-0.2, 0) is 24.9 Å². The van der Waals surface area contributed by atoms with E-state index in [0.717, 1.165) is 76.0 Å². The van der Waals surface area contributed by atoms with E-state index < -0.39 is 11.4 Å². The van der Waals surface area contributed by atoms with E-state index in [0.29, 0.717) is 0 Å². The van der Waals surface area contributed by atoms with Gasteiger partial charge in [-0.25, -0.2) is 4.68 Å². The summed E-state index contributed by atoms with van der Waals surface area (Å²) < 4.78 is 8.25. The van der Waals surface area contributed by atoms with Crippen molar-refractivity contribution >= 4 is 27.9 Å². The van der Waals surface area contributed by atoms with Gasteiger partial charge in [-0.15, -0.1) is 5.10 Å². The first-order valence-electron chi connectivity index (χ1n) is 14.9. The predicted molar refractivity (Wildman–Crippen MR) is 168 cm³/mol. The molecule has 3 aromatic carbocycles. The molecule has 1 aliphatic rings. The van der Waals surface area contributed by atoms with Crippen LogP contribution in [0.3, 0.4) is 0 Å². The first-order chi connectivity index (χ1) is 20.6. The molecule has 1 aliphatic heterocycles. The Labute approximate surface area is 252 Å². The van der Waals surface area contributed by atoms with Gasteiger partial charge >= 0.3 is 5.97 Å². The number of carboxylic acid groups (broad SMARTS) is 1. The molecule has 0 saturated heterocycles. The van der Waals surface area contributed by atoms with Crippen molar-refractivity contribution in [3.8, 4) is 5.75 Å². The fourth-order valence-electron chi connectivity index (χ4n) is 6.47.